The fourth-order valence-electron chi connectivity index (χ4n) is 0. The third-order valence-electron chi connectivity index (χ3n) is 0.0340. The molecule has 0 bridgehead atoms. The van der Waals surface area contributed by atoms with Crippen molar-refractivity contribution in [3.8, 4) is 0 Å². The van der Waals surface area contributed by atoms with Gasteiger partial charge in [-0.3, -0.25) is 0 Å². The monoisotopic (exact) mass is 122 g/mol. The number of hydrogen-bond donors (Lipinski definition) is 0. The van der Waals surface area contributed by atoms with Crippen molar-refractivity contribution in [1.82, 2.24) is 0 Å². The van der Waals surface area contributed by atoms with Gasteiger partial charge in [-0.25, -0.2) is 0 Å². The molecule has 0 atom stereocenters. The van der Waals surface area contributed by atoms with Crippen molar-refractivity contribution in [2.75, 3.05) is 0 Å². The van der Waals surface area contributed by atoms with Crippen LogP contribution in [0, 0.1) is 0 Å². The third kappa shape index (κ3) is 2.10. The fourth-order valence-corrected chi connectivity index (χ4v) is 0. The summed E-state index contributed by atoms with van der Waals surface area (Å²) in [5, 5.41) is 8.54. The van der Waals surface area contributed by atoms with Gasteiger partial charge in [0.05, 0.1) is 0 Å². The van der Waals surface area contributed by atoms with Gasteiger partial charge >= 0.3 is 28.7 Å². The molecule has 0 unspecified atom stereocenters. The molecule has 0 aromatic carbocycles. The molecule has 0 saturated heterocycles. The van der Waals surface area contributed by atoms with Gasteiger partial charge in [0.15, 0.2) is 0 Å². The molecule has 0 spiro atoms. The molecule has 0 aliphatic heterocycles. The van der Waals surface area contributed by atoms with Crippen molar-refractivity contribution in [3.05, 3.63) is 0 Å². The summed E-state index contributed by atoms with van der Waals surface area (Å²) in [4.78, 5) is 0. The second-order valence-electron chi connectivity index (χ2n) is 0.167. The molecule has 0 aromatic heterocycles. The molecular formula is GeO3. The first-order valence-corrected chi connectivity index (χ1v) is 2.29. The van der Waals surface area contributed by atoms with Crippen LogP contribution in [0.2, 0.25) is 0 Å². The van der Waals surface area contributed by atoms with E-state index in [-0.39, 0.29) is 0 Å². The van der Waals surface area contributed by atoms with Gasteiger partial charge in [-0.05, 0) is 0 Å². The van der Waals surface area contributed by atoms with Crippen LogP contribution < -0.4 is 0 Å². The summed E-state index contributed by atoms with van der Waals surface area (Å²) in [5.41, 5.74) is 0. The molecule has 0 aliphatic carbocycles. The van der Waals surface area contributed by atoms with Crippen molar-refractivity contribution in [2.45, 2.75) is 0 Å². The molecular weight excluding hydrogens is 121 g/mol. The van der Waals surface area contributed by atoms with Gasteiger partial charge in [0.2, 0.25) is 0 Å². The number of rotatable bonds is 1. The van der Waals surface area contributed by atoms with Crippen LogP contribution in [0.4, 0.5) is 0 Å². The summed E-state index contributed by atoms with van der Waals surface area (Å²) >= 11 is -1.79. The first kappa shape index (κ1) is 4.10. The maximum absolute atomic E-state index is 8.89. The molecule has 0 aromatic rings. The molecule has 0 amide bonds. The van der Waals surface area contributed by atoms with Crippen LogP contribution in [0.5, 0.6) is 0 Å². The Labute approximate surface area is 29.5 Å². The van der Waals surface area contributed by atoms with Gasteiger partial charge in [-0.2, -0.15) is 0 Å². The van der Waals surface area contributed by atoms with E-state index in [4.69, 9.17) is 9.04 Å². The Hall–Kier alpha value is 0.103. The van der Waals surface area contributed by atoms with Crippen molar-refractivity contribution in [1.29, 1.82) is 0 Å². The summed E-state index contributed by atoms with van der Waals surface area (Å²) in [6, 6.07) is 0. The van der Waals surface area contributed by atoms with Crippen molar-refractivity contribution >= 4 is 15.7 Å². The van der Waals surface area contributed by atoms with E-state index in [0.29, 0.717) is 0 Å². The SMILES string of the molecule is [O][O][Ge]=[O]. The Balaban J connectivity index is 2.30. The summed E-state index contributed by atoms with van der Waals surface area (Å²) in [5.74, 6) is 0. The Morgan fingerprint density at radius 2 is 2.00 bits per heavy atom. The molecule has 0 fully saturated rings. The van der Waals surface area contributed by atoms with Crippen molar-refractivity contribution in [2.24, 2.45) is 0 Å². The molecule has 0 heterocycles. The Morgan fingerprint density at radius 1 is 1.75 bits per heavy atom. The van der Waals surface area contributed by atoms with Gasteiger partial charge in [0.1, 0.15) is 0 Å². The van der Waals surface area contributed by atoms with E-state index < -0.39 is 15.7 Å². The molecule has 4 heavy (non-hydrogen) atoms. The van der Waals surface area contributed by atoms with E-state index in [2.05, 4.69) is 3.91 Å². The zero-order valence-corrected chi connectivity index (χ0v) is 3.82. The zero-order chi connectivity index (χ0) is 3.41. The van der Waals surface area contributed by atoms with E-state index >= 15 is 0 Å². The molecule has 3 nitrogen and oxygen atoms in total. The quantitative estimate of drug-likeness (QED) is 0.261. The summed E-state index contributed by atoms with van der Waals surface area (Å²) < 4.78 is 11.8. The van der Waals surface area contributed by atoms with Crippen LogP contribution in [0.1, 0.15) is 0 Å². The zero-order valence-electron chi connectivity index (χ0n) is 1.72. The van der Waals surface area contributed by atoms with Crippen LogP contribution >= 0.6 is 0 Å². The molecule has 0 saturated carbocycles. The predicted molar refractivity (Wildman–Crippen MR) is 8.21 cm³/mol. The molecule has 22 valence electrons. The van der Waals surface area contributed by atoms with Gasteiger partial charge in [-0.15, -0.1) is 0 Å². The predicted octanol–water partition coefficient (Wildman–Crippen LogP) is -0.687. The van der Waals surface area contributed by atoms with Crippen LogP contribution in [0.15, 0.2) is 0 Å². The summed E-state index contributed by atoms with van der Waals surface area (Å²) in [6.45, 7) is 0. The van der Waals surface area contributed by atoms with Crippen LogP contribution in [-0.2, 0) is 12.9 Å². The van der Waals surface area contributed by atoms with Gasteiger partial charge in [0, 0.05) is 0 Å². The topological polar surface area (TPSA) is 46.2 Å². The third-order valence-corrected chi connectivity index (χ3v) is 0.177. The van der Waals surface area contributed by atoms with Gasteiger partial charge < -0.3 is 0 Å². The Morgan fingerprint density at radius 3 is 2.00 bits per heavy atom. The molecule has 0 aliphatic rings. The minimum atomic E-state index is -1.79. The minimum absolute atomic E-state index is 1.79. The normalized spacial score (nSPS) is 5.25. The Kier molecular flexibility index (Phi) is 3.18. The van der Waals surface area contributed by atoms with Crippen molar-refractivity contribution < 1.29 is 12.9 Å². The molecule has 0 N–H and O–H groups in total. The molecule has 4 heteroatoms. The molecule has 0 rings (SSSR count). The van der Waals surface area contributed by atoms with Crippen molar-refractivity contribution in [3.63, 3.8) is 0 Å². The van der Waals surface area contributed by atoms with Crippen LogP contribution in [0.25, 0.3) is 0 Å². The molecule has 2 radical (unpaired) electrons. The average Bonchev–Trinajstić information content (AvgIpc) is 1.37. The van der Waals surface area contributed by atoms with E-state index in [1.165, 1.54) is 0 Å². The second-order valence-corrected chi connectivity index (χ2v) is 0.866. The van der Waals surface area contributed by atoms with Gasteiger partial charge in [0.25, 0.3) is 0 Å². The van der Waals surface area contributed by atoms with E-state index in [9.17, 15) is 0 Å². The Bertz CT molecular complexity index is 17.2. The maximum atomic E-state index is 8.89. The fraction of sp³-hybridized carbons (Fsp3) is 0. The second kappa shape index (κ2) is 3.10. The summed E-state index contributed by atoms with van der Waals surface area (Å²) in [6.07, 6.45) is 0. The van der Waals surface area contributed by atoms with E-state index in [1.807, 2.05) is 0 Å². The number of hydrogen-bond acceptors (Lipinski definition) is 2. The van der Waals surface area contributed by atoms with Crippen LogP contribution in [0.3, 0.4) is 0 Å². The first-order chi connectivity index (χ1) is 1.91. The first-order valence-electron chi connectivity index (χ1n) is 0.575. The van der Waals surface area contributed by atoms with E-state index in [1.54, 1.807) is 0 Å². The van der Waals surface area contributed by atoms with E-state index in [0.717, 1.165) is 0 Å². The standard InChI is InChI=1S/GeO3/c2-1-4-3. The summed E-state index contributed by atoms with van der Waals surface area (Å²) in [7, 11) is 0. The van der Waals surface area contributed by atoms with Gasteiger partial charge in [-0.1, -0.05) is 0 Å². The average molecular weight is 121 g/mol. The van der Waals surface area contributed by atoms with Crippen LogP contribution in [-0.4, -0.2) is 15.7 Å².